The molecule has 1 aliphatic rings. The number of allylic oxidation sites excluding steroid dienone is 1. The van der Waals surface area contributed by atoms with Crippen molar-refractivity contribution in [2.24, 2.45) is 4.99 Å². The van der Waals surface area contributed by atoms with E-state index in [0.717, 1.165) is 5.56 Å². The first kappa shape index (κ1) is 21.6. The fourth-order valence-corrected chi connectivity index (χ4v) is 4.70. The molecule has 0 saturated heterocycles. The van der Waals surface area contributed by atoms with E-state index in [-0.39, 0.29) is 17.9 Å². The molecule has 4 rings (SSSR count). The molecule has 0 aliphatic carbocycles. The molecule has 0 saturated carbocycles. The van der Waals surface area contributed by atoms with Crippen LogP contribution in [0.25, 0.3) is 6.08 Å². The third-order valence-corrected chi connectivity index (χ3v) is 6.14. The van der Waals surface area contributed by atoms with Crippen molar-refractivity contribution in [3.8, 4) is 11.5 Å². The SMILES string of the molecule is CCOC(=O)C1=C(C)N=c2s/c(=C/c3cc(OC)ccc3O)c(=O)n2[C@@H]1c1ccccc1. The normalized spacial score (nSPS) is 15.8. The van der Waals surface area contributed by atoms with Crippen LogP contribution in [0.1, 0.15) is 31.0 Å². The van der Waals surface area contributed by atoms with E-state index in [1.165, 1.54) is 29.1 Å². The number of aromatic hydroxyl groups is 1. The van der Waals surface area contributed by atoms with Crippen molar-refractivity contribution < 1.29 is 19.4 Å². The van der Waals surface area contributed by atoms with Crippen LogP contribution in [0.5, 0.6) is 11.5 Å². The van der Waals surface area contributed by atoms with Gasteiger partial charge in [-0.3, -0.25) is 9.36 Å². The van der Waals surface area contributed by atoms with Gasteiger partial charge in [0.1, 0.15) is 11.5 Å². The van der Waals surface area contributed by atoms with E-state index in [4.69, 9.17) is 9.47 Å². The monoisotopic (exact) mass is 450 g/mol. The van der Waals surface area contributed by atoms with Gasteiger partial charge in [0.2, 0.25) is 0 Å². The molecule has 0 amide bonds. The minimum absolute atomic E-state index is 0.0274. The Kier molecular flexibility index (Phi) is 5.96. The molecule has 0 radical (unpaired) electrons. The Labute approximate surface area is 188 Å². The summed E-state index contributed by atoms with van der Waals surface area (Å²) in [5, 5.41) is 10.2. The zero-order chi connectivity index (χ0) is 22.8. The molecule has 32 heavy (non-hydrogen) atoms. The number of hydrogen-bond acceptors (Lipinski definition) is 7. The van der Waals surface area contributed by atoms with Gasteiger partial charge in [-0.05, 0) is 43.7 Å². The standard InChI is InChI=1S/C24H22N2O5S/c1-4-31-23(29)20-14(2)25-24-26(21(20)15-8-6-5-7-9-15)22(28)19(32-24)13-16-12-17(30-3)10-11-18(16)27/h5-13,21,27H,4H2,1-3H3/b19-13+/t21-/m1/s1. The molecule has 2 aromatic carbocycles. The third-order valence-electron chi connectivity index (χ3n) is 5.15. The van der Waals surface area contributed by atoms with Gasteiger partial charge in [0.25, 0.3) is 5.56 Å². The molecule has 1 aliphatic heterocycles. The van der Waals surface area contributed by atoms with E-state index in [1.807, 2.05) is 30.3 Å². The second-order valence-electron chi connectivity index (χ2n) is 7.14. The van der Waals surface area contributed by atoms with Gasteiger partial charge >= 0.3 is 5.97 Å². The fraction of sp³-hybridized carbons (Fsp3) is 0.208. The van der Waals surface area contributed by atoms with Crippen LogP contribution in [0.2, 0.25) is 0 Å². The summed E-state index contributed by atoms with van der Waals surface area (Å²) in [6, 6.07) is 13.5. The van der Waals surface area contributed by atoms with Gasteiger partial charge in [-0.25, -0.2) is 9.79 Å². The number of aromatic nitrogens is 1. The first-order valence-electron chi connectivity index (χ1n) is 10.1. The average molecular weight is 451 g/mol. The van der Waals surface area contributed by atoms with Crippen molar-refractivity contribution in [2.45, 2.75) is 19.9 Å². The lowest BCUT2D eigenvalue weighted by Crippen LogP contribution is -2.39. The van der Waals surface area contributed by atoms with Gasteiger partial charge in [0.15, 0.2) is 4.80 Å². The summed E-state index contributed by atoms with van der Waals surface area (Å²) in [6.07, 6.45) is 1.60. The molecular formula is C24H22N2O5S. The Hall–Kier alpha value is -3.65. The van der Waals surface area contributed by atoms with Crippen LogP contribution in [0.4, 0.5) is 0 Å². The number of rotatable bonds is 5. The smallest absolute Gasteiger partial charge is 0.338 e. The Morgan fingerprint density at radius 1 is 1.25 bits per heavy atom. The van der Waals surface area contributed by atoms with Crippen LogP contribution in [0.15, 0.2) is 69.6 Å². The number of hydrogen-bond donors (Lipinski definition) is 1. The number of nitrogens with zero attached hydrogens (tertiary/aromatic N) is 2. The van der Waals surface area contributed by atoms with Crippen molar-refractivity contribution in [3.05, 3.63) is 90.6 Å². The summed E-state index contributed by atoms with van der Waals surface area (Å²) < 4.78 is 12.4. The maximum absolute atomic E-state index is 13.5. The van der Waals surface area contributed by atoms with Crippen molar-refractivity contribution >= 4 is 23.4 Å². The molecule has 164 valence electrons. The minimum Gasteiger partial charge on any atom is -0.507 e. The predicted octanol–water partition coefficient (Wildman–Crippen LogP) is 2.51. The number of methoxy groups -OCH3 is 1. The molecule has 1 atom stereocenters. The molecule has 8 heteroatoms. The second kappa shape index (κ2) is 8.84. The second-order valence-corrected chi connectivity index (χ2v) is 8.15. The molecule has 0 fully saturated rings. The molecule has 7 nitrogen and oxygen atoms in total. The molecule has 1 N–H and O–H groups in total. The Morgan fingerprint density at radius 3 is 2.69 bits per heavy atom. The lowest BCUT2D eigenvalue weighted by Gasteiger charge is -2.24. The zero-order valence-corrected chi connectivity index (χ0v) is 18.7. The summed E-state index contributed by atoms with van der Waals surface area (Å²) >= 11 is 1.20. The Morgan fingerprint density at radius 2 is 2.00 bits per heavy atom. The van der Waals surface area contributed by atoms with Crippen molar-refractivity contribution in [2.75, 3.05) is 13.7 Å². The quantitative estimate of drug-likeness (QED) is 0.604. The Bertz CT molecular complexity index is 1390. The highest BCUT2D eigenvalue weighted by Crippen LogP contribution is 2.30. The summed E-state index contributed by atoms with van der Waals surface area (Å²) in [4.78, 5) is 31.3. The van der Waals surface area contributed by atoms with Gasteiger partial charge < -0.3 is 14.6 Å². The van der Waals surface area contributed by atoms with E-state index in [1.54, 1.807) is 32.1 Å². The summed E-state index contributed by atoms with van der Waals surface area (Å²) in [7, 11) is 1.53. The minimum atomic E-state index is -0.660. The highest BCUT2D eigenvalue weighted by molar-refractivity contribution is 7.07. The van der Waals surface area contributed by atoms with E-state index in [2.05, 4.69) is 4.99 Å². The van der Waals surface area contributed by atoms with Gasteiger partial charge in [0.05, 0.1) is 35.6 Å². The van der Waals surface area contributed by atoms with Gasteiger partial charge in [-0.15, -0.1) is 0 Å². The van der Waals surface area contributed by atoms with Crippen molar-refractivity contribution in [1.82, 2.24) is 4.57 Å². The molecular weight excluding hydrogens is 428 g/mol. The predicted molar refractivity (Wildman–Crippen MR) is 121 cm³/mol. The number of phenolic OH excluding ortho intramolecular Hbond substituents is 1. The average Bonchev–Trinajstić information content (AvgIpc) is 3.09. The zero-order valence-electron chi connectivity index (χ0n) is 17.9. The number of esters is 1. The topological polar surface area (TPSA) is 90.1 Å². The van der Waals surface area contributed by atoms with Crippen molar-refractivity contribution in [1.29, 1.82) is 0 Å². The number of ether oxygens (including phenoxy) is 2. The van der Waals surface area contributed by atoms with Gasteiger partial charge in [-0.1, -0.05) is 41.7 Å². The number of phenols is 1. The largest absolute Gasteiger partial charge is 0.507 e. The lowest BCUT2D eigenvalue weighted by molar-refractivity contribution is -0.139. The highest BCUT2D eigenvalue weighted by Gasteiger charge is 2.33. The summed E-state index contributed by atoms with van der Waals surface area (Å²) in [5.41, 5.74) is 1.77. The Balaban J connectivity index is 1.96. The van der Waals surface area contributed by atoms with Gasteiger partial charge in [-0.2, -0.15) is 0 Å². The molecule has 2 heterocycles. The van der Waals surface area contributed by atoms with E-state index < -0.39 is 12.0 Å². The van der Waals surface area contributed by atoms with E-state index >= 15 is 0 Å². The number of carbonyl (C=O) groups excluding carboxylic acids is 1. The van der Waals surface area contributed by atoms with Crippen LogP contribution < -0.4 is 19.6 Å². The van der Waals surface area contributed by atoms with Crippen LogP contribution in [-0.4, -0.2) is 29.4 Å². The van der Waals surface area contributed by atoms with Crippen LogP contribution in [0.3, 0.4) is 0 Å². The number of benzene rings is 2. The molecule has 3 aromatic rings. The summed E-state index contributed by atoms with van der Waals surface area (Å²) in [5.74, 6) is 0.0893. The first-order valence-corrected chi connectivity index (χ1v) is 10.9. The molecule has 0 unspecified atom stereocenters. The lowest BCUT2D eigenvalue weighted by atomic mass is 9.96. The number of fused-ring (bicyclic) bond motifs is 1. The van der Waals surface area contributed by atoms with Crippen LogP contribution in [-0.2, 0) is 9.53 Å². The van der Waals surface area contributed by atoms with E-state index in [9.17, 15) is 14.7 Å². The fourth-order valence-electron chi connectivity index (χ4n) is 3.66. The number of thiazole rings is 1. The van der Waals surface area contributed by atoms with Crippen molar-refractivity contribution in [3.63, 3.8) is 0 Å². The molecule has 1 aromatic heterocycles. The molecule has 0 bridgehead atoms. The van der Waals surface area contributed by atoms with Gasteiger partial charge in [0, 0.05) is 5.56 Å². The highest BCUT2D eigenvalue weighted by atomic mass is 32.1. The van der Waals surface area contributed by atoms with E-state index in [0.29, 0.717) is 31.9 Å². The first-order chi connectivity index (χ1) is 15.4. The number of carbonyl (C=O) groups is 1. The summed E-state index contributed by atoms with van der Waals surface area (Å²) in [6.45, 7) is 3.70. The maximum Gasteiger partial charge on any atom is 0.338 e. The van der Waals surface area contributed by atoms with Crippen LogP contribution >= 0.6 is 11.3 Å². The van der Waals surface area contributed by atoms with Crippen LogP contribution in [0, 0.1) is 0 Å². The molecule has 0 spiro atoms. The maximum atomic E-state index is 13.5. The third kappa shape index (κ3) is 3.85.